The van der Waals surface area contributed by atoms with E-state index in [0.29, 0.717) is 22.8 Å². The van der Waals surface area contributed by atoms with Crippen molar-refractivity contribution in [1.29, 1.82) is 0 Å². The van der Waals surface area contributed by atoms with Crippen LogP contribution in [0.4, 0.5) is 0 Å². The summed E-state index contributed by atoms with van der Waals surface area (Å²) in [4.78, 5) is 28.7. The van der Waals surface area contributed by atoms with E-state index in [4.69, 9.17) is 16.3 Å². The smallest absolute Gasteiger partial charge is 0.323 e. The Kier molecular flexibility index (Phi) is 5.28. The molecule has 1 aromatic heterocycles. The zero-order valence-electron chi connectivity index (χ0n) is 15.5. The Morgan fingerprint density at radius 2 is 1.85 bits per heavy atom. The SMILES string of the molecule is CC(C)(C)c1ccc(OCC(=O)NCc2ccc3[nH]c(=O)[nH]c3c2)cc1Cl. The van der Waals surface area contributed by atoms with E-state index in [2.05, 4.69) is 36.1 Å². The molecule has 0 saturated carbocycles. The molecule has 0 fully saturated rings. The number of aromatic nitrogens is 2. The number of carbonyl (C=O) groups excluding carboxylic acids is 1. The molecule has 1 amide bonds. The number of benzene rings is 2. The predicted molar refractivity (Wildman–Crippen MR) is 106 cm³/mol. The van der Waals surface area contributed by atoms with Gasteiger partial charge in [-0.15, -0.1) is 0 Å². The van der Waals surface area contributed by atoms with E-state index >= 15 is 0 Å². The summed E-state index contributed by atoms with van der Waals surface area (Å²) < 4.78 is 5.53. The minimum absolute atomic E-state index is 0.0577. The maximum atomic E-state index is 12.0. The molecular formula is C20H22ClN3O3. The zero-order valence-corrected chi connectivity index (χ0v) is 16.2. The van der Waals surface area contributed by atoms with E-state index in [-0.39, 0.29) is 23.6 Å². The van der Waals surface area contributed by atoms with Gasteiger partial charge in [-0.25, -0.2) is 4.79 Å². The van der Waals surface area contributed by atoms with Crippen LogP contribution in [-0.2, 0) is 16.8 Å². The number of amides is 1. The van der Waals surface area contributed by atoms with E-state index < -0.39 is 0 Å². The van der Waals surface area contributed by atoms with Crippen molar-refractivity contribution >= 4 is 28.5 Å². The number of carbonyl (C=O) groups is 1. The fourth-order valence-corrected chi connectivity index (χ4v) is 3.24. The average molecular weight is 388 g/mol. The fourth-order valence-electron chi connectivity index (χ4n) is 2.78. The molecule has 0 bridgehead atoms. The summed E-state index contributed by atoms with van der Waals surface area (Å²) in [6.45, 7) is 6.50. The van der Waals surface area contributed by atoms with Gasteiger partial charge < -0.3 is 20.0 Å². The highest BCUT2D eigenvalue weighted by molar-refractivity contribution is 6.31. The predicted octanol–water partition coefficient (Wildman–Crippen LogP) is 3.50. The summed E-state index contributed by atoms with van der Waals surface area (Å²) in [5, 5.41) is 3.41. The molecule has 0 saturated heterocycles. The molecule has 27 heavy (non-hydrogen) atoms. The Morgan fingerprint density at radius 1 is 1.11 bits per heavy atom. The van der Waals surface area contributed by atoms with Crippen molar-refractivity contribution in [2.45, 2.75) is 32.7 Å². The molecule has 6 nitrogen and oxygen atoms in total. The second kappa shape index (κ2) is 7.48. The number of hydrogen-bond acceptors (Lipinski definition) is 3. The minimum Gasteiger partial charge on any atom is -0.484 e. The van der Waals surface area contributed by atoms with Crippen molar-refractivity contribution < 1.29 is 9.53 Å². The second-order valence-corrected chi connectivity index (χ2v) is 7.82. The molecule has 0 unspecified atom stereocenters. The maximum Gasteiger partial charge on any atom is 0.323 e. The first-order valence-electron chi connectivity index (χ1n) is 8.63. The monoisotopic (exact) mass is 387 g/mol. The van der Waals surface area contributed by atoms with E-state index in [1.807, 2.05) is 24.3 Å². The molecule has 0 radical (unpaired) electrons. The largest absolute Gasteiger partial charge is 0.484 e. The fraction of sp³-hybridized carbons (Fsp3) is 0.300. The number of nitrogens with one attached hydrogen (secondary N) is 3. The van der Waals surface area contributed by atoms with Gasteiger partial charge in [0.1, 0.15) is 5.75 Å². The molecule has 7 heteroatoms. The second-order valence-electron chi connectivity index (χ2n) is 7.42. The van der Waals surface area contributed by atoms with Crippen LogP contribution in [0.3, 0.4) is 0 Å². The highest BCUT2D eigenvalue weighted by Crippen LogP contribution is 2.32. The standard InChI is InChI=1S/C20H22ClN3O3/c1-20(2,3)14-6-5-13(9-15(14)21)27-11-18(25)22-10-12-4-7-16-17(8-12)24-19(26)23-16/h4-9H,10-11H2,1-3H3,(H,22,25)(H2,23,24,26). The molecule has 3 N–H and O–H groups in total. The zero-order chi connectivity index (χ0) is 19.6. The lowest BCUT2D eigenvalue weighted by molar-refractivity contribution is -0.123. The van der Waals surface area contributed by atoms with Gasteiger partial charge in [0.05, 0.1) is 11.0 Å². The first-order chi connectivity index (χ1) is 12.7. The third-order valence-electron chi connectivity index (χ3n) is 4.19. The topological polar surface area (TPSA) is 87.0 Å². The average Bonchev–Trinajstić information content (AvgIpc) is 2.96. The molecule has 0 spiro atoms. The summed E-state index contributed by atoms with van der Waals surface area (Å²) in [5.74, 6) is 0.308. The molecule has 142 valence electrons. The van der Waals surface area contributed by atoms with E-state index in [1.54, 1.807) is 12.1 Å². The van der Waals surface area contributed by atoms with Crippen LogP contribution >= 0.6 is 11.6 Å². The summed E-state index contributed by atoms with van der Waals surface area (Å²) in [7, 11) is 0. The van der Waals surface area contributed by atoms with Crippen LogP contribution in [0.25, 0.3) is 11.0 Å². The van der Waals surface area contributed by atoms with Crippen molar-refractivity contribution in [1.82, 2.24) is 15.3 Å². The van der Waals surface area contributed by atoms with Gasteiger partial charge in [-0.1, -0.05) is 44.5 Å². The van der Waals surface area contributed by atoms with E-state index in [1.165, 1.54) is 0 Å². The van der Waals surface area contributed by atoms with E-state index in [9.17, 15) is 9.59 Å². The molecule has 0 aliphatic heterocycles. The molecule has 3 rings (SSSR count). The van der Waals surface area contributed by atoms with Crippen LogP contribution in [0.5, 0.6) is 5.75 Å². The van der Waals surface area contributed by atoms with Crippen molar-refractivity contribution in [3.63, 3.8) is 0 Å². The first-order valence-corrected chi connectivity index (χ1v) is 9.00. The van der Waals surface area contributed by atoms with Gasteiger partial charge >= 0.3 is 5.69 Å². The van der Waals surface area contributed by atoms with Gasteiger partial charge in [-0.2, -0.15) is 0 Å². The van der Waals surface area contributed by atoms with Crippen LogP contribution < -0.4 is 15.7 Å². The Morgan fingerprint density at radius 3 is 2.56 bits per heavy atom. The lowest BCUT2D eigenvalue weighted by Gasteiger charge is -2.21. The first kappa shape index (κ1) is 19.0. The number of imidazole rings is 1. The van der Waals surface area contributed by atoms with Crippen molar-refractivity contribution in [3.8, 4) is 5.75 Å². The van der Waals surface area contributed by atoms with Crippen molar-refractivity contribution in [2.24, 2.45) is 0 Å². The molecule has 3 aromatic rings. The van der Waals surface area contributed by atoms with Crippen molar-refractivity contribution in [3.05, 3.63) is 63.0 Å². The summed E-state index contributed by atoms with van der Waals surface area (Å²) in [5.41, 5.74) is 3.03. The van der Waals surface area contributed by atoms with E-state index in [0.717, 1.165) is 16.6 Å². The Hall–Kier alpha value is -2.73. The van der Waals surface area contributed by atoms with Gasteiger partial charge in [-0.05, 0) is 40.8 Å². The highest BCUT2D eigenvalue weighted by Gasteiger charge is 2.17. The summed E-state index contributed by atoms with van der Waals surface area (Å²) in [6.07, 6.45) is 0. The molecule has 0 aliphatic carbocycles. The van der Waals surface area contributed by atoms with Gasteiger partial charge in [0, 0.05) is 11.6 Å². The lowest BCUT2D eigenvalue weighted by atomic mass is 9.87. The third-order valence-corrected chi connectivity index (χ3v) is 4.50. The van der Waals surface area contributed by atoms with Gasteiger partial charge in [-0.3, -0.25) is 4.79 Å². The summed E-state index contributed by atoms with van der Waals surface area (Å²) in [6, 6.07) is 10.9. The summed E-state index contributed by atoms with van der Waals surface area (Å²) >= 11 is 6.31. The number of H-pyrrole nitrogens is 2. The quantitative estimate of drug-likeness (QED) is 0.626. The molecule has 2 aromatic carbocycles. The number of ether oxygens (including phenoxy) is 1. The molecule has 0 aliphatic rings. The lowest BCUT2D eigenvalue weighted by Crippen LogP contribution is -2.28. The normalized spacial score (nSPS) is 11.6. The minimum atomic E-state index is -0.254. The number of fused-ring (bicyclic) bond motifs is 1. The highest BCUT2D eigenvalue weighted by atomic mass is 35.5. The Labute approximate surface area is 161 Å². The van der Waals surface area contributed by atoms with Crippen LogP contribution in [0.1, 0.15) is 31.9 Å². The Balaban J connectivity index is 1.54. The Bertz CT molecular complexity index is 1030. The molecule has 0 atom stereocenters. The number of rotatable bonds is 5. The molecule has 1 heterocycles. The van der Waals surface area contributed by atoms with Crippen LogP contribution in [0, 0.1) is 0 Å². The number of hydrogen-bond donors (Lipinski definition) is 3. The van der Waals surface area contributed by atoms with Crippen LogP contribution in [0.15, 0.2) is 41.2 Å². The van der Waals surface area contributed by atoms with Gasteiger partial charge in [0.15, 0.2) is 6.61 Å². The third kappa shape index (κ3) is 4.71. The maximum absolute atomic E-state index is 12.0. The van der Waals surface area contributed by atoms with Crippen molar-refractivity contribution in [2.75, 3.05) is 6.61 Å². The van der Waals surface area contributed by atoms with Crippen LogP contribution in [0.2, 0.25) is 5.02 Å². The van der Waals surface area contributed by atoms with Gasteiger partial charge in [0.25, 0.3) is 5.91 Å². The van der Waals surface area contributed by atoms with Crippen LogP contribution in [-0.4, -0.2) is 22.5 Å². The number of halogens is 1. The molecular weight excluding hydrogens is 366 g/mol. The van der Waals surface area contributed by atoms with Gasteiger partial charge in [0.2, 0.25) is 0 Å². The number of aromatic amines is 2.